The van der Waals surface area contributed by atoms with Gasteiger partial charge >= 0.3 is 0 Å². The molecule has 0 atom stereocenters. The number of carbonyl (C=O) groups excluding carboxylic acids is 1. The number of ether oxygens (including phenoxy) is 1. The third-order valence-electron chi connectivity index (χ3n) is 5.29. The van der Waals surface area contributed by atoms with Gasteiger partial charge in [-0.05, 0) is 43.0 Å². The quantitative estimate of drug-likeness (QED) is 0.351. The van der Waals surface area contributed by atoms with Crippen LogP contribution in [-0.2, 0) is 17.7 Å². The van der Waals surface area contributed by atoms with E-state index >= 15 is 0 Å². The van der Waals surface area contributed by atoms with Crippen molar-refractivity contribution in [3.05, 3.63) is 69.1 Å². The smallest absolute Gasteiger partial charge is 0.253 e. The van der Waals surface area contributed by atoms with E-state index in [4.69, 9.17) is 9.72 Å². The average Bonchev–Trinajstić information content (AvgIpc) is 3.56. The molecule has 1 N–H and O–H groups in total. The Morgan fingerprint density at radius 2 is 2.12 bits per heavy atom. The highest BCUT2D eigenvalue weighted by molar-refractivity contribution is 7.13. The summed E-state index contributed by atoms with van der Waals surface area (Å²) in [6, 6.07) is 10.2. The second-order valence-corrected chi connectivity index (χ2v) is 9.26. The zero-order valence-electron chi connectivity index (χ0n) is 18.4. The number of hydrogen-bond donors (Lipinski definition) is 1. The molecule has 0 spiro atoms. The van der Waals surface area contributed by atoms with Crippen molar-refractivity contribution in [3.8, 4) is 22.0 Å². The van der Waals surface area contributed by atoms with E-state index in [2.05, 4.69) is 44.7 Å². The first-order chi connectivity index (χ1) is 15.6. The van der Waals surface area contributed by atoms with E-state index in [1.807, 2.05) is 31.3 Å². The van der Waals surface area contributed by atoms with Crippen molar-refractivity contribution in [2.75, 3.05) is 20.3 Å². The SMILES string of the molecule is CCc1cc(-c2nc(-c3cc(C(=O)NCCOC)c(C)n3Cc3cccs3)cs2)ccn1. The van der Waals surface area contributed by atoms with Crippen LogP contribution in [0.4, 0.5) is 0 Å². The van der Waals surface area contributed by atoms with Gasteiger partial charge in [0.1, 0.15) is 5.01 Å². The molecular formula is C24H26N4O2S2. The highest BCUT2D eigenvalue weighted by atomic mass is 32.1. The van der Waals surface area contributed by atoms with Gasteiger partial charge in [0.05, 0.1) is 30.1 Å². The number of aromatic nitrogens is 3. The fourth-order valence-electron chi connectivity index (χ4n) is 3.54. The minimum Gasteiger partial charge on any atom is -0.383 e. The molecule has 0 radical (unpaired) electrons. The Morgan fingerprint density at radius 1 is 1.25 bits per heavy atom. The first kappa shape index (κ1) is 22.4. The van der Waals surface area contributed by atoms with E-state index in [1.54, 1.807) is 29.8 Å². The number of thiazole rings is 1. The van der Waals surface area contributed by atoms with Crippen LogP contribution < -0.4 is 5.32 Å². The Bertz CT molecular complexity index is 1190. The number of aryl methyl sites for hydroxylation is 1. The molecule has 0 saturated carbocycles. The molecule has 0 unspecified atom stereocenters. The summed E-state index contributed by atoms with van der Waals surface area (Å²) in [6.07, 6.45) is 2.72. The lowest BCUT2D eigenvalue weighted by molar-refractivity contribution is 0.0936. The Morgan fingerprint density at radius 3 is 2.88 bits per heavy atom. The van der Waals surface area contributed by atoms with Gasteiger partial charge < -0.3 is 14.6 Å². The van der Waals surface area contributed by atoms with E-state index in [-0.39, 0.29) is 5.91 Å². The van der Waals surface area contributed by atoms with Gasteiger partial charge in [0, 0.05) is 47.1 Å². The van der Waals surface area contributed by atoms with Crippen molar-refractivity contribution in [2.45, 2.75) is 26.8 Å². The predicted molar refractivity (Wildman–Crippen MR) is 131 cm³/mol. The number of thiophene rings is 1. The lowest BCUT2D eigenvalue weighted by Crippen LogP contribution is -2.27. The molecule has 0 aliphatic rings. The predicted octanol–water partition coefficient (Wildman–Crippen LogP) is 5.03. The molecule has 6 nitrogen and oxygen atoms in total. The Kier molecular flexibility index (Phi) is 7.14. The lowest BCUT2D eigenvalue weighted by Gasteiger charge is -2.10. The Hall–Kier alpha value is -2.81. The maximum Gasteiger partial charge on any atom is 0.253 e. The first-order valence-corrected chi connectivity index (χ1v) is 12.3. The summed E-state index contributed by atoms with van der Waals surface area (Å²) in [5.41, 5.74) is 5.52. The van der Waals surface area contributed by atoms with Crippen LogP contribution in [0.15, 0.2) is 47.3 Å². The van der Waals surface area contributed by atoms with Gasteiger partial charge in [0.2, 0.25) is 0 Å². The van der Waals surface area contributed by atoms with Crippen LogP contribution in [-0.4, -0.2) is 40.7 Å². The number of amides is 1. The van der Waals surface area contributed by atoms with Crippen LogP contribution in [0.1, 0.15) is 33.5 Å². The monoisotopic (exact) mass is 466 g/mol. The molecule has 0 aromatic carbocycles. The van der Waals surface area contributed by atoms with E-state index in [1.165, 1.54) is 4.88 Å². The molecule has 0 bridgehead atoms. The number of methoxy groups -OCH3 is 1. The minimum atomic E-state index is -0.0945. The number of carbonyl (C=O) groups is 1. The normalized spacial score (nSPS) is 11.1. The molecule has 8 heteroatoms. The fraction of sp³-hybridized carbons (Fsp3) is 0.292. The number of rotatable bonds is 9. The third kappa shape index (κ3) is 4.82. The Labute approximate surface area is 195 Å². The number of nitrogens with zero attached hydrogens (tertiary/aromatic N) is 3. The van der Waals surface area contributed by atoms with Crippen LogP contribution in [0.5, 0.6) is 0 Å². The fourth-order valence-corrected chi connectivity index (χ4v) is 5.04. The molecule has 4 aromatic heterocycles. The third-order valence-corrected chi connectivity index (χ3v) is 7.04. The number of pyridine rings is 1. The molecular weight excluding hydrogens is 440 g/mol. The summed E-state index contributed by atoms with van der Waals surface area (Å²) in [7, 11) is 1.62. The zero-order chi connectivity index (χ0) is 22.5. The van der Waals surface area contributed by atoms with Crippen molar-refractivity contribution in [3.63, 3.8) is 0 Å². The van der Waals surface area contributed by atoms with Crippen LogP contribution >= 0.6 is 22.7 Å². The van der Waals surface area contributed by atoms with Crippen molar-refractivity contribution in [1.82, 2.24) is 19.9 Å². The molecule has 0 fully saturated rings. The van der Waals surface area contributed by atoms with E-state index < -0.39 is 0 Å². The molecule has 4 heterocycles. The molecule has 0 aliphatic carbocycles. The van der Waals surface area contributed by atoms with E-state index in [9.17, 15) is 4.79 Å². The van der Waals surface area contributed by atoms with Crippen molar-refractivity contribution >= 4 is 28.6 Å². The van der Waals surface area contributed by atoms with Gasteiger partial charge in [-0.1, -0.05) is 13.0 Å². The minimum absolute atomic E-state index is 0.0945. The molecule has 4 aromatic rings. The maximum atomic E-state index is 12.8. The van der Waals surface area contributed by atoms with E-state index in [0.717, 1.165) is 39.8 Å². The molecule has 166 valence electrons. The summed E-state index contributed by atoms with van der Waals surface area (Å²) >= 11 is 3.32. The second kappa shape index (κ2) is 10.2. The van der Waals surface area contributed by atoms with Gasteiger partial charge in [-0.2, -0.15) is 0 Å². The van der Waals surface area contributed by atoms with Gasteiger partial charge in [-0.15, -0.1) is 22.7 Å². The van der Waals surface area contributed by atoms with Crippen molar-refractivity contribution in [1.29, 1.82) is 0 Å². The number of nitrogens with one attached hydrogen (secondary N) is 1. The summed E-state index contributed by atoms with van der Waals surface area (Å²) < 4.78 is 7.24. The number of hydrogen-bond acceptors (Lipinski definition) is 6. The largest absolute Gasteiger partial charge is 0.383 e. The standard InChI is InChI=1S/C24H26N4O2S2/c1-4-18-12-17(7-8-25-18)24-27-21(15-32-24)22-13-20(23(29)26-9-10-30-3)16(2)28(22)14-19-6-5-11-31-19/h5-8,11-13,15H,4,9-10,14H2,1-3H3,(H,26,29). The molecule has 1 amide bonds. The average molecular weight is 467 g/mol. The van der Waals surface area contributed by atoms with Gasteiger partial charge in [0.15, 0.2) is 0 Å². The first-order valence-electron chi connectivity index (χ1n) is 10.5. The summed E-state index contributed by atoms with van der Waals surface area (Å²) in [5.74, 6) is -0.0945. The summed E-state index contributed by atoms with van der Waals surface area (Å²) in [4.78, 5) is 23.4. The van der Waals surface area contributed by atoms with Crippen LogP contribution in [0.25, 0.3) is 22.0 Å². The van der Waals surface area contributed by atoms with Crippen molar-refractivity contribution in [2.24, 2.45) is 0 Å². The van der Waals surface area contributed by atoms with Crippen LogP contribution in [0.3, 0.4) is 0 Å². The second-order valence-electron chi connectivity index (χ2n) is 7.37. The highest BCUT2D eigenvalue weighted by Gasteiger charge is 2.20. The highest BCUT2D eigenvalue weighted by Crippen LogP contribution is 2.32. The molecule has 32 heavy (non-hydrogen) atoms. The molecule has 0 saturated heterocycles. The lowest BCUT2D eigenvalue weighted by atomic mass is 10.2. The van der Waals surface area contributed by atoms with Crippen LogP contribution in [0, 0.1) is 6.92 Å². The van der Waals surface area contributed by atoms with E-state index in [0.29, 0.717) is 25.3 Å². The maximum absolute atomic E-state index is 12.8. The van der Waals surface area contributed by atoms with Crippen molar-refractivity contribution < 1.29 is 9.53 Å². The van der Waals surface area contributed by atoms with Crippen LogP contribution in [0.2, 0.25) is 0 Å². The van der Waals surface area contributed by atoms with Gasteiger partial charge in [0.25, 0.3) is 5.91 Å². The topological polar surface area (TPSA) is 69.0 Å². The molecule has 4 rings (SSSR count). The Balaban J connectivity index is 1.71. The zero-order valence-corrected chi connectivity index (χ0v) is 20.1. The summed E-state index contributed by atoms with van der Waals surface area (Å²) in [6.45, 7) is 5.74. The van der Waals surface area contributed by atoms with Gasteiger partial charge in [-0.25, -0.2) is 4.98 Å². The summed E-state index contributed by atoms with van der Waals surface area (Å²) in [5, 5.41) is 8.02. The van der Waals surface area contributed by atoms with Gasteiger partial charge in [-0.3, -0.25) is 9.78 Å². The molecule has 0 aliphatic heterocycles.